The largest absolute Gasteiger partial charge is 1.00 e. The Morgan fingerprint density at radius 1 is 0.356 bits per heavy atom. The molecule has 1 aliphatic rings. The van der Waals surface area contributed by atoms with Gasteiger partial charge in [0.15, 0.2) is 0 Å². The van der Waals surface area contributed by atoms with Crippen LogP contribution in [0, 0.1) is 6.67 Å². The molecule has 1 saturated heterocycles. The average Bonchev–Trinajstić information content (AvgIpc) is 3.47. The SMILES string of the molecule is [Au+].[CH]1N(C(c2ccccc2)c2ccccc2)[C@H](c2ccccc2)[C@@H](c2ccccc2)N1C(c1ccccc1)c1ccccc1.[Cl-].[HH]. The van der Waals surface area contributed by atoms with E-state index < -0.39 is 0 Å². The minimum Gasteiger partial charge on any atom is -1.00 e. The monoisotopic (exact) mass is 789 g/mol. The molecular formula is C41H37AuClN2. The molecule has 0 aliphatic carbocycles. The molecule has 45 heavy (non-hydrogen) atoms. The number of hydrogen-bond donors (Lipinski definition) is 0. The summed E-state index contributed by atoms with van der Waals surface area (Å²) in [5.74, 6) is 0. The Morgan fingerprint density at radius 2 is 0.578 bits per heavy atom. The molecule has 1 radical (unpaired) electrons. The molecule has 0 saturated carbocycles. The van der Waals surface area contributed by atoms with Crippen LogP contribution in [0.15, 0.2) is 182 Å². The van der Waals surface area contributed by atoms with Gasteiger partial charge in [-0.15, -0.1) is 0 Å². The van der Waals surface area contributed by atoms with Gasteiger partial charge in [0.2, 0.25) is 0 Å². The van der Waals surface area contributed by atoms with Crippen LogP contribution in [0.4, 0.5) is 0 Å². The molecule has 6 aromatic carbocycles. The summed E-state index contributed by atoms with van der Waals surface area (Å²) in [6.07, 6.45) is 0. The summed E-state index contributed by atoms with van der Waals surface area (Å²) in [6, 6.07) is 66.0. The number of halogens is 1. The molecule has 1 fully saturated rings. The Bertz CT molecular complexity index is 1500. The van der Waals surface area contributed by atoms with Crippen molar-refractivity contribution in [2.24, 2.45) is 0 Å². The molecule has 0 spiro atoms. The van der Waals surface area contributed by atoms with Gasteiger partial charge in [-0.2, -0.15) is 0 Å². The summed E-state index contributed by atoms with van der Waals surface area (Å²) in [5.41, 5.74) is 7.69. The van der Waals surface area contributed by atoms with Crippen LogP contribution in [0.3, 0.4) is 0 Å². The van der Waals surface area contributed by atoms with Gasteiger partial charge in [0, 0.05) is 1.43 Å². The van der Waals surface area contributed by atoms with E-state index in [1.54, 1.807) is 0 Å². The van der Waals surface area contributed by atoms with Crippen LogP contribution in [0.25, 0.3) is 0 Å². The van der Waals surface area contributed by atoms with Gasteiger partial charge in [0.25, 0.3) is 0 Å². The fraction of sp³-hybridized carbons (Fsp3) is 0.0976. The standard InChI is InChI=1S/C41H35N2.Au.ClH.H2/c1-7-19-32(20-8-1)38(33-21-9-2-10-22-33)42-31-43(39(34-23-11-3-12-24-34)35-25-13-4-14-26-35)41(37-29-17-6-18-30-37)40(42)36-27-15-5-16-28-36;;;/h1-31,38-41H;;2*1H/q;+1;;/p-1/t40-,41-;;;/m1.../s1. The predicted molar refractivity (Wildman–Crippen MR) is 178 cm³/mol. The number of rotatable bonds is 8. The molecule has 1 aliphatic heterocycles. The number of benzene rings is 6. The maximum Gasteiger partial charge on any atom is 1.00 e. The molecule has 2 nitrogen and oxygen atoms in total. The van der Waals surface area contributed by atoms with E-state index in [1.165, 1.54) is 33.4 Å². The average molecular weight is 790 g/mol. The van der Waals surface area contributed by atoms with Gasteiger partial charge in [-0.3, -0.25) is 9.80 Å². The van der Waals surface area contributed by atoms with E-state index in [-0.39, 0.29) is 60.4 Å². The molecule has 229 valence electrons. The van der Waals surface area contributed by atoms with Crippen LogP contribution >= 0.6 is 0 Å². The second-order valence-electron chi connectivity index (χ2n) is 11.2. The molecule has 4 heteroatoms. The van der Waals surface area contributed by atoms with Crippen LogP contribution in [0.1, 0.15) is 59.0 Å². The van der Waals surface area contributed by atoms with Crippen LogP contribution in [-0.4, -0.2) is 9.80 Å². The number of hydrogen-bond acceptors (Lipinski definition) is 2. The van der Waals surface area contributed by atoms with E-state index in [2.05, 4.69) is 198 Å². The summed E-state index contributed by atoms with van der Waals surface area (Å²) in [4.78, 5) is 5.22. The maximum absolute atomic E-state index is 2.61. The van der Waals surface area contributed by atoms with Crippen molar-refractivity contribution in [3.63, 3.8) is 0 Å². The van der Waals surface area contributed by atoms with Crippen molar-refractivity contribution in [1.29, 1.82) is 0 Å². The Morgan fingerprint density at radius 3 is 0.822 bits per heavy atom. The summed E-state index contributed by atoms with van der Waals surface area (Å²) >= 11 is 0. The molecule has 0 unspecified atom stereocenters. The molecule has 2 atom stereocenters. The zero-order valence-corrected chi connectivity index (χ0v) is 27.7. The zero-order valence-electron chi connectivity index (χ0n) is 24.8. The normalized spacial score (nSPS) is 16.7. The summed E-state index contributed by atoms with van der Waals surface area (Å²) < 4.78 is 0. The van der Waals surface area contributed by atoms with Crippen LogP contribution in [-0.2, 0) is 22.4 Å². The molecule has 0 bridgehead atoms. The maximum atomic E-state index is 2.61. The van der Waals surface area contributed by atoms with Crippen LogP contribution < -0.4 is 12.4 Å². The van der Waals surface area contributed by atoms with Crippen molar-refractivity contribution >= 4 is 0 Å². The van der Waals surface area contributed by atoms with Gasteiger partial charge in [-0.1, -0.05) is 182 Å². The Labute approximate surface area is 290 Å². The van der Waals surface area contributed by atoms with Gasteiger partial charge in [0.05, 0.1) is 30.8 Å². The third kappa shape index (κ3) is 6.93. The Kier molecular flexibility index (Phi) is 11.3. The molecule has 0 aromatic heterocycles. The van der Waals surface area contributed by atoms with Gasteiger partial charge in [-0.25, -0.2) is 0 Å². The minimum atomic E-state index is 0. The first-order valence-electron chi connectivity index (χ1n) is 15.1. The molecule has 6 aromatic rings. The Hall–Kier alpha value is -3.73. The first-order valence-corrected chi connectivity index (χ1v) is 15.1. The van der Waals surface area contributed by atoms with Crippen molar-refractivity contribution in [2.75, 3.05) is 0 Å². The summed E-state index contributed by atoms with van der Waals surface area (Å²) in [5, 5.41) is 0. The quantitative estimate of drug-likeness (QED) is 0.153. The molecule has 0 N–H and O–H groups in total. The first-order chi connectivity index (χ1) is 21.4. The van der Waals surface area contributed by atoms with Crippen molar-refractivity contribution in [3.8, 4) is 0 Å². The van der Waals surface area contributed by atoms with E-state index in [0.29, 0.717) is 0 Å². The second kappa shape index (κ2) is 15.5. The molecule has 1 heterocycles. The van der Waals surface area contributed by atoms with Crippen LogP contribution in [0.5, 0.6) is 0 Å². The van der Waals surface area contributed by atoms with Gasteiger partial charge in [-0.05, 0) is 33.4 Å². The summed E-state index contributed by atoms with van der Waals surface area (Å²) in [6.45, 7) is 2.42. The van der Waals surface area contributed by atoms with Crippen molar-refractivity contribution in [1.82, 2.24) is 9.80 Å². The van der Waals surface area contributed by atoms with E-state index in [9.17, 15) is 0 Å². The smallest absolute Gasteiger partial charge is 1.00 e. The zero-order chi connectivity index (χ0) is 28.8. The second-order valence-corrected chi connectivity index (χ2v) is 11.2. The first kappa shape index (κ1) is 32.7. The third-order valence-corrected chi connectivity index (χ3v) is 8.55. The fourth-order valence-corrected chi connectivity index (χ4v) is 6.70. The van der Waals surface area contributed by atoms with Crippen LogP contribution in [0.2, 0.25) is 0 Å². The minimum absolute atomic E-state index is 0. The number of nitrogens with zero attached hydrogens (tertiary/aromatic N) is 2. The van der Waals surface area contributed by atoms with E-state index in [4.69, 9.17) is 0 Å². The van der Waals surface area contributed by atoms with Gasteiger partial charge >= 0.3 is 22.4 Å². The topological polar surface area (TPSA) is 6.48 Å². The van der Waals surface area contributed by atoms with E-state index in [0.717, 1.165) is 0 Å². The summed E-state index contributed by atoms with van der Waals surface area (Å²) in [7, 11) is 0. The predicted octanol–water partition coefficient (Wildman–Crippen LogP) is 7.03. The third-order valence-electron chi connectivity index (χ3n) is 8.55. The molecular weight excluding hydrogens is 753 g/mol. The van der Waals surface area contributed by atoms with Gasteiger partial charge < -0.3 is 12.4 Å². The van der Waals surface area contributed by atoms with Crippen molar-refractivity contribution in [2.45, 2.75) is 24.2 Å². The van der Waals surface area contributed by atoms with E-state index >= 15 is 0 Å². The Balaban J connectivity index is 0.00000160. The molecule has 0 amide bonds. The van der Waals surface area contributed by atoms with Crippen molar-refractivity contribution < 1.29 is 36.2 Å². The van der Waals surface area contributed by atoms with Gasteiger partial charge in [0.1, 0.15) is 0 Å². The van der Waals surface area contributed by atoms with Crippen molar-refractivity contribution in [3.05, 3.63) is 222 Å². The fourth-order valence-electron chi connectivity index (χ4n) is 6.70. The molecule has 7 rings (SSSR count). The van der Waals surface area contributed by atoms with E-state index in [1.807, 2.05) is 0 Å².